The number of para-hydroxylation sites is 1. The lowest BCUT2D eigenvalue weighted by Gasteiger charge is -2.31. The molecule has 0 fully saturated rings. The van der Waals surface area contributed by atoms with Crippen LogP contribution >= 0.6 is 0 Å². The Kier molecular flexibility index (Phi) is 4.25. The smallest absolute Gasteiger partial charge is 0.343 e. The fourth-order valence-electron chi connectivity index (χ4n) is 4.69. The minimum Gasteiger partial charge on any atom is -0.458 e. The molecule has 5 rings (SSSR count). The van der Waals surface area contributed by atoms with E-state index in [4.69, 9.17) is 9.72 Å². The number of aromatic nitrogens is 2. The van der Waals surface area contributed by atoms with E-state index in [9.17, 15) is 19.1 Å². The lowest BCUT2D eigenvalue weighted by Crippen LogP contribution is -2.45. The number of hydrogen-bond donors (Lipinski definition) is 1. The molecule has 7 heteroatoms. The molecule has 0 amide bonds. The number of carbonyl (C=O) groups is 1. The van der Waals surface area contributed by atoms with E-state index in [1.165, 1.54) is 0 Å². The highest BCUT2D eigenvalue weighted by atomic mass is 19.1. The van der Waals surface area contributed by atoms with Gasteiger partial charge < -0.3 is 14.4 Å². The summed E-state index contributed by atoms with van der Waals surface area (Å²) < 4.78 is 19.8. The maximum atomic E-state index is 13.3. The fourth-order valence-corrected chi connectivity index (χ4v) is 4.69. The van der Waals surface area contributed by atoms with Crippen molar-refractivity contribution in [3.63, 3.8) is 0 Å². The zero-order valence-electron chi connectivity index (χ0n) is 16.6. The second kappa shape index (κ2) is 6.74. The average molecular weight is 408 g/mol. The number of esters is 1. The van der Waals surface area contributed by atoms with Crippen LogP contribution in [-0.4, -0.2) is 27.3 Å². The minimum absolute atomic E-state index is 0.132. The van der Waals surface area contributed by atoms with Gasteiger partial charge in [0.2, 0.25) is 0 Å². The maximum Gasteiger partial charge on any atom is 0.343 e. The van der Waals surface area contributed by atoms with Crippen molar-refractivity contribution in [1.82, 2.24) is 9.55 Å². The molecule has 2 aromatic heterocycles. The molecule has 0 spiro atoms. The van der Waals surface area contributed by atoms with E-state index in [-0.39, 0.29) is 23.3 Å². The number of hydrogen-bond acceptors (Lipinski definition) is 5. The highest BCUT2D eigenvalue weighted by Gasteiger charge is 2.46. The first kappa shape index (κ1) is 18.9. The van der Waals surface area contributed by atoms with E-state index in [0.717, 1.165) is 34.9 Å². The Morgan fingerprint density at radius 3 is 2.83 bits per heavy atom. The first-order valence-corrected chi connectivity index (χ1v) is 10.1. The molecule has 0 aliphatic carbocycles. The average Bonchev–Trinajstić information content (AvgIpc) is 3.11. The van der Waals surface area contributed by atoms with Crippen molar-refractivity contribution < 1.29 is 19.0 Å². The van der Waals surface area contributed by atoms with Gasteiger partial charge in [-0.05, 0) is 24.1 Å². The van der Waals surface area contributed by atoms with Crippen LogP contribution in [0.15, 0.2) is 35.1 Å². The number of aryl methyl sites for hydroxylation is 1. The molecule has 154 valence electrons. The third kappa shape index (κ3) is 2.48. The SMILES string of the molecule is CCCc1c2c(nc3ccccc13)-c1cc3c(c(=O)n1C2)COC(=O)C3(O)CCF. The number of nitrogens with zero attached hydrogens (tertiary/aromatic N) is 2. The third-order valence-corrected chi connectivity index (χ3v) is 6.16. The number of pyridine rings is 2. The Hall–Kier alpha value is -3.06. The van der Waals surface area contributed by atoms with Gasteiger partial charge in [0.25, 0.3) is 5.56 Å². The summed E-state index contributed by atoms with van der Waals surface area (Å²) in [6.07, 6.45) is 1.34. The molecule has 1 N–H and O–H groups in total. The number of rotatable bonds is 4. The first-order chi connectivity index (χ1) is 14.5. The summed E-state index contributed by atoms with van der Waals surface area (Å²) in [5.74, 6) is -0.923. The van der Waals surface area contributed by atoms with Crippen LogP contribution in [-0.2, 0) is 34.7 Å². The van der Waals surface area contributed by atoms with Crippen LogP contribution < -0.4 is 5.56 Å². The van der Waals surface area contributed by atoms with Crippen molar-refractivity contribution in [2.45, 2.75) is 44.9 Å². The van der Waals surface area contributed by atoms with Gasteiger partial charge in [-0.1, -0.05) is 31.5 Å². The standard InChI is InChI=1S/C23H21FN2O4/c1-2-5-13-14-6-3-4-7-18(14)25-20-15(13)11-26-19(20)10-17-16(21(26)27)12-30-22(28)23(17,29)8-9-24/h3-4,6-7,10,29H,2,5,8-9,11-12H2,1H3. The van der Waals surface area contributed by atoms with Crippen LogP contribution in [0, 0.1) is 0 Å². The van der Waals surface area contributed by atoms with E-state index in [0.29, 0.717) is 17.9 Å². The normalized spacial score (nSPS) is 19.4. The quantitative estimate of drug-likeness (QED) is 0.525. The Bertz CT molecular complexity index is 1270. The zero-order valence-corrected chi connectivity index (χ0v) is 16.6. The molecule has 30 heavy (non-hydrogen) atoms. The number of ether oxygens (including phenoxy) is 1. The van der Waals surface area contributed by atoms with Gasteiger partial charge in [-0.15, -0.1) is 0 Å². The Balaban J connectivity index is 1.81. The van der Waals surface area contributed by atoms with Gasteiger partial charge in [0.1, 0.15) is 6.61 Å². The van der Waals surface area contributed by atoms with Crippen LogP contribution in [0.1, 0.15) is 42.0 Å². The predicted octanol–water partition coefficient (Wildman–Crippen LogP) is 2.98. The molecular formula is C23H21FN2O4. The van der Waals surface area contributed by atoms with Crippen molar-refractivity contribution in [1.29, 1.82) is 0 Å². The molecule has 2 aliphatic heterocycles. The number of aliphatic hydroxyl groups is 1. The zero-order chi connectivity index (χ0) is 21.0. The molecule has 0 bridgehead atoms. The highest BCUT2D eigenvalue weighted by molar-refractivity contribution is 5.89. The fraction of sp³-hybridized carbons (Fsp3) is 0.348. The molecule has 1 unspecified atom stereocenters. The number of halogens is 1. The van der Waals surface area contributed by atoms with Gasteiger partial charge in [0, 0.05) is 22.9 Å². The molecular weight excluding hydrogens is 387 g/mol. The summed E-state index contributed by atoms with van der Waals surface area (Å²) in [5, 5.41) is 12.0. The second-order valence-electron chi connectivity index (χ2n) is 7.87. The third-order valence-electron chi connectivity index (χ3n) is 6.16. The monoisotopic (exact) mass is 408 g/mol. The molecule has 0 saturated carbocycles. The van der Waals surface area contributed by atoms with Crippen LogP contribution in [0.25, 0.3) is 22.3 Å². The lowest BCUT2D eigenvalue weighted by molar-refractivity contribution is -0.173. The van der Waals surface area contributed by atoms with Crippen molar-refractivity contribution in [2.75, 3.05) is 6.67 Å². The molecule has 1 aromatic carbocycles. The van der Waals surface area contributed by atoms with E-state index >= 15 is 0 Å². The van der Waals surface area contributed by atoms with Crippen molar-refractivity contribution in [2.24, 2.45) is 0 Å². The summed E-state index contributed by atoms with van der Waals surface area (Å²) in [4.78, 5) is 30.4. The van der Waals surface area contributed by atoms with Crippen molar-refractivity contribution in [3.05, 3.63) is 62.9 Å². The van der Waals surface area contributed by atoms with Gasteiger partial charge in [0.05, 0.1) is 35.7 Å². The van der Waals surface area contributed by atoms with Gasteiger partial charge in [-0.3, -0.25) is 9.18 Å². The van der Waals surface area contributed by atoms with E-state index in [1.807, 2.05) is 24.3 Å². The van der Waals surface area contributed by atoms with Crippen molar-refractivity contribution in [3.8, 4) is 11.4 Å². The molecule has 2 aliphatic rings. The number of fused-ring (bicyclic) bond motifs is 5. The summed E-state index contributed by atoms with van der Waals surface area (Å²) in [5.41, 5.74) is 2.03. The summed E-state index contributed by atoms with van der Waals surface area (Å²) >= 11 is 0. The maximum absolute atomic E-state index is 13.3. The van der Waals surface area contributed by atoms with Gasteiger partial charge >= 0.3 is 5.97 Å². The second-order valence-corrected chi connectivity index (χ2v) is 7.87. The predicted molar refractivity (Wildman–Crippen MR) is 109 cm³/mol. The molecule has 0 saturated heterocycles. The summed E-state index contributed by atoms with van der Waals surface area (Å²) in [6, 6.07) is 9.49. The number of alkyl halides is 1. The topological polar surface area (TPSA) is 81.4 Å². The number of benzene rings is 1. The summed E-state index contributed by atoms with van der Waals surface area (Å²) in [6.45, 7) is 1.34. The van der Waals surface area contributed by atoms with E-state index in [2.05, 4.69) is 6.92 Å². The minimum atomic E-state index is -2.16. The van der Waals surface area contributed by atoms with Gasteiger partial charge in [0.15, 0.2) is 5.60 Å². The molecule has 0 radical (unpaired) electrons. The number of carbonyl (C=O) groups excluding carboxylic acids is 1. The first-order valence-electron chi connectivity index (χ1n) is 10.1. The highest BCUT2D eigenvalue weighted by Crippen LogP contribution is 2.40. The van der Waals surface area contributed by atoms with Gasteiger partial charge in [-0.2, -0.15) is 0 Å². The van der Waals surface area contributed by atoms with E-state index in [1.54, 1.807) is 10.6 Å². The van der Waals surface area contributed by atoms with Crippen LogP contribution in [0.5, 0.6) is 0 Å². The Morgan fingerprint density at radius 2 is 2.07 bits per heavy atom. The lowest BCUT2D eigenvalue weighted by atomic mass is 9.85. The Morgan fingerprint density at radius 1 is 1.27 bits per heavy atom. The molecule has 1 atom stereocenters. The largest absolute Gasteiger partial charge is 0.458 e. The van der Waals surface area contributed by atoms with E-state index < -0.39 is 24.7 Å². The number of cyclic esters (lactones) is 1. The molecule has 6 nitrogen and oxygen atoms in total. The van der Waals surface area contributed by atoms with Crippen LogP contribution in [0.3, 0.4) is 0 Å². The molecule has 3 aromatic rings. The summed E-state index contributed by atoms with van der Waals surface area (Å²) in [7, 11) is 0. The molecule has 4 heterocycles. The Labute approximate surface area is 171 Å². The van der Waals surface area contributed by atoms with Crippen molar-refractivity contribution >= 4 is 16.9 Å². The van der Waals surface area contributed by atoms with Gasteiger partial charge in [-0.25, -0.2) is 9.78 Å². The van der Waals surface area contributed by atoms with Crippen LogP contribution in [0.2, 0.25) is 0 Å². The van der Waals surface area contributed by atoms with Crippen LogP contribution in [0.4, 0.5) is 4.39 Å².